The fourth-order valence-electron chi connectivity index (χ4n) is 4.86. The fraction of sp³-hybridized carbons (Fsp3) is 0.321. The summed E-state index contributed by atoms with van der Waals surface area (Å²) >= 11 is 6.21. The van der Waals surface area contributed by atoms with Crippen LogP contribution in [0.4, 0.5) is 4.39 Å². The predicted molar refractivity (Wildman–Crippen MR) is 132 cm³/mol. The van der Waals surface area contributed by atoms with Crippen LogP contribution in [0.1, 0.15) is 36.5 Å². The average Bonchev–Trinajstić information content (AvgIpc) is 3.23. The summed E-state index contributed by atoms with van der Waals surface area (Å²) in [6.07, 6.45) is 0. The Morgan fingerprint density at radius 1 is 1.03 bits per heavy atom. The van der Waals surface area contributed by atoms with Crippen molar-refractivity contribution in [3.8, 4) is 0 Å². The summed E-state index contributed by atoms with van der Waals surface area (Å²) < 4.78 is 13.6. The van der Waals surface area contributed by atoms with Crippen molar-refractivity contribution >= 4 is 17.5 Å². The number of likely N-dealkylation sites (N-methyl/N-ethyl adjacent to an activating group) is 1. The molecule has 5 heteroatoms. The molecule has 0 N–H and O–H groups in total. The van der Waals surface area contributed by atoms with Crippen LogP contribution >= 0.6 is 11.6 Å². The molecule has 3 nitrogen and oxygen atoms in total. The van der Waals surface area contributed by atoms with Gasteiger partial charge in [-0.1, -0.05) is 66.2 Å². The predicted octanol–water partition coefficient (Wildman–Crippen LogP) is 5.88. The zero-order valence-electron chi connectivity index (χ0n) is 19.3. The van der Waals surface area contributed by atoms with E-state index in [0.29, 0.717) is 5.02 Å². The molecule has 2 atom stereocenters. The average molecular weight is 465 g/mol. The Kier molecular flexibility index (Phi) is 6.87. The molecule has 1 heterocycles. The van der Waals surface area contributed by atoms with Crippen LogP contribution in [0.2, 0.25) is 5.02 Å². The highest BCUT2D eigenvalue weighted by Crippen LogP contribution is 2.35. The number of benzene rings is 3. The maximum absolute atomic E-state index is 13.8. The van der Waals surface area contributed by atoms with E-state index in [4.69, 9.17) is 11.6 Å². The summed E-state index contributed by atoms with van der Waals surface area (Å²) in [5.74, 6) is -0.108. The number of carbonyl (C=O) groups excluding carboxylic acids is 1. The Hall–Kier alpha value is -2.69. The second kappa shape index (κ2) is 9.66. The van der Waals surface area contributed by atoms with Crippen LogP contribution < -0.4 is 0 Å². The van der Waals surface area contributed by atoms with Crippen molar-refractivity contribution in [1.82, 2.24) is 9.80 Å². The van der Waals surface area contributed by atoms with Crippen molar-refractivity contribution in [3.05, 3.63) is 106 Å². The summed E-state index contributed by atoms with van der Waals surface area (Å²) in [4.78, 5) is 18.0. The molecule has 0 bridgehead atoms. The van der Waals surface area contributed by atoms with Crippen molar-refractivity contribution in [2.75, 3.05) is 20.1 Å². The lowest BCUT2D eigenvalue weighted by Crippen LogP contribution is -2.48. The minimum absolute atomic E-state index is 0.0230. The maximum atomic E-state index is 13.8. The molecule has 0 aliphatic carbocycles. The number of halogens is 2. The molecule has 1 saturated heterocycles. The quantitative estimate of drug-likeness (QED) is 0.454. The molecule has 0 radical (unpaired) electrons. The SMILES string of the molecule is CN(C(=O)C(C)(C)c1cccc(Cl)c1)[C@@H]1CN(Cc2ccccc2)C[C@H]1c1ccc(F)cc1. The van der Waals surface area contributed by atoms with Crippen LogP contribution in [0.15, 0.2) is 78.9 Å². The Morgan fingerprint density at radius 3 is 2.39 bits per heavy atom. The van der Waals surface area contributed by atoms with Crippen molar-refractivity contribution in [3.63, 3.8) is 0 Å². The van der Waals surface area contributed by atoms with E-state index in [1.165, 1.54) is 17.7 Å². The monoisotopic (exact) mass is 464 g/mol. The van der Waals surface area contributed by atoms with Gasteiger partial charge in [0.25, 0.3) is 0 Å². The van der Waals surface area contributed by atoms with Gasteiger partial charge in [-0.2, -0.15) is 0 Å². The third kappa shape index (κ3) is 5.13. The number of nitrogens with zero attached hydrogens (tertiary/aromatic N) is 2. The Morgan fingerprint density at radius 2 is 1.73 bits per heavy atom. The molecule has 0 unspecified atom stereocenters. The molecule has 172 valence electrons. The maximum Gasteiger partial charge on any atom is 0.232 e. The van der Waals surface area contributed by atoms with E-state index in [0.717, 1.165) is 30.8 Å². The zero-order valence-corrected chi connectivity index (χ0v) is 20.1. The van der Waals surface area contributed by atoms with Crippen molar-refractivity contribution in [2.24, 2.45) is 0 Å². The van der Waals surface area contributed by atoms with Gasteiger partial charge in [0.2, 0.25) is 5.91 Å². The van der Waals surface area contributed by atoms with Gasteiger partial charge in [-0.25, -0.2) is 4.39 Å². The summed E-state index contributed by atoms with van der Waals surface area (Å²) in [5.41, 5.74) is 2.46. The fourth-order valence-corrected chi connectivity index (χ4v) is 5.05. The number of rotatable bonds is 6. The van der Waals surface area contributed by atoms with Gasteiger partial charge >= 0.3 is 0 Å². The van der Waals surface area contributed by atoms with Gasteiger partial charge in [-0.3, -0.25) is 9.69 Å². The van der Waals surface area contributed by atoms with Crippen LogP contribution in [0, 0.1) is 5.82 Å². The van der Waals surface area contributed by atoms with E-state index < -0.39 is 5.41 Å². The molecular weight excluding hydrogens is 435 g/mol. The Balaban J connectivity index is 1.61. The van der Waals surface area contributed by atoms with Gasteiger partial charge in [-0.15, -0.1) is 0 Å². The molecule has 1 amide bonds. The summed E-state index contributed by atoms with van der Waals surface area (Å²) in [6.45, 7) is 6.27. The Labute approximate surface area is 200 Å². The van der Waals surface area contributed by atoms with E-state index in [9.17, 15) is 9.18 Å². The molecule has 1 fully saturated rings. The summed E-state index contributed by atoms with van der Waals surface area (Å²) in [6, 6.07) is 24.5. The summed E-state index contributed by atoms with van der Waals surface area (Å²) in [7, 11) is 1.89. The first-order chi connectivity index (χ1) is 15.8. The molecule has 0 aromatic heterocycles. The largest absolute Gasteiger partial charge is 0.340 e. The smallest absolute Gasteiger partial charge is 0.232 e. The first-order valence-corrected chi connectivity index (χ1v) is 11.7. The highest BCUT2D eigenvalue weighted by molar-refractivity contribution is 6.30. The molecule has 0 saturated carbocycles. The second-order valence-electron chi connectivity index (χ2n) is 9.46. The number of likely N-dealkylation sites (tertiary alicyclic amines) is 1. The lowest BCUT2D eigenvalue weighted by Gasteiger charge is -2.36. The van der Waals surface area contributed by atoms with Gasteiger partial charge in [0.05, 0.1) is 11.5 Å². The molecular formula is C28H30ClFN2O. The van der Waals surface area contributed by atoms with E-state index >= 15 is 0 Å². The topological polar surface area (TPSA) is 23.6 Å². The van der Waals surface area contributed by atoms with Crippen LogP contribution in [-0.4, -0.2) is 41.9 Å². The number of hydrogen-bond donors (Lipinski definition) is 0. The number of amides is 1. The van der Waals surface area contributed by atoms with Gasteiger partial charge in [0.1, 0.15) is 5.82 Å². The number of carbonyl (C=O) groups is 1. The van der Waals surface area contributed by atoms with Crippen LogP contribution in [0.25, 0.3) is 0 Å². The molecule has 0 spiro atoms. The molecule has 4 rings (SSSR count). The minimum Gasteiger partial charge on any atom is -0.340 e. The molecule has 1 aliphatic heterocycles. The van der Waals surface area contributed by atoms with E-state index in [1.54, 1.807) is 0 Å². The van der Waals surface area contributed by atoms with Gasteiger partial charge in [0, 0.05) is 37.6 Å². The van der Waals surface area contributed by atoms with E-state index in [-0.39, 0.29) is 23.7 Å². The minimum atomic E-state index is -0.722. The first-order valence-electron chi connectivity index (χ1n) is 11.3. The lowest BCUT2D eigenvalue weighted by atomic mass is 9.82. The normalized spacial score (nSPS) is 18.9. The summed E-state index contributed by atoms with van der Waals surface area (Å²) in [5, 5.41) is 0.620. The van der Waals surface area contributed by atoms with Crippen molar-refractivity contribution in [2.45, 2.75) is 37.8 Å². The van der Waals surface area contributed by atoms with Crippen LogP contribution in [0.5, 0.6) is 0 Å². The lowest BCUT2D eigenvalue weighted by molar-refractivity contribution is -0.137. The van der Waals surface area contributed by atoms with Crippen LogP contribution in [0.3, 0.4) is 0 Å². The van der Waals surface area contributed by atoms with Crippen molar-refractivity contribution in [1.29, 1.82) is 0 Å². The van der Waals surface area contributed by atoms with Gasteiger partial charge in [-0.05, 0) is 54.8 Å². The zero-order chi connectivity index (χ0) is 23.6. The first kappa shape index (κ1) is 23.5. The standard InChI is InChI=1S/C28H30ClFN2O/c1-28(2,22-10-7-11-23(29)16-22)27(33)31(3)26-19-32(17-20-8-5-4-6-9-20)18-25(26)21-12-14-24(30)15-13-21/h4-16,25-26H,17-19H2,1-3H3/t25-,26+/m0/s1. The van der Waals surface area contributed by atoms with Gasteiger partial charge in [0.15, 0.2) is 0 Å². The second-order valence-corrected chi connectivity index (χ2v) is 9.89. The highest BCUT2D eigenvalue weighted by Gasteiger charge is 2.42. The molecule has 1 aliphatic rings. The van der Waals surface area contributed by atoms with Crippen LogP contribution in [-0.2, 0) is 16.8 Å². The Bertz CT molecular complexity index is 1100. The van der Waals surface area contributed by atoms with Gasteiger partial charge < -0.3 is 4.90 Å². The third-order valence-electron chi connectivity index (χ3n) is 6.81. The highest BCUT2D eigenvalue weighted by atomic mass is 35.5. The molecule has 3 aromatic rings. The number of hydrogen-bond acceptors (Lipinski definition) is 2. The van der Waals surface area contributed by atoms with E-state index in [1.807, 2.05) is 80.4 Å². The third-order valence-corrected chi connectivity index (χ3v) is 7.05. The van der Waals surface area contributed by atoms with E-state index in [2.05, 4.69) is 17.0 Å². The molecule has 3 aromatic carbocycles. The molecule has 33 heavy (non-hydrogen) atoms. The van der Waals surface area contributed by atoms with Crippen molar-refractivity contribution < 1.29 is 9.18 Å².